The summed E-state index contributed by atoms with van der Waals surface area (Å²) < 4.78 is 4.58. The Bertz CT molecular complexity index is 95.7. The van der Waals surface area contributed by atoms with E-state index in [0.717, 1.165) is 12.5 Å². The Morgan fingerprint density at radius 1 is 1.89 bits per heavy atom. The zero-order valence-electron chi connectivity index (χ0n) is 7.02. The molecule has 0 aliphatic carbocycles. The summed E-state index contributed by atoms with van der Waals surface area (Å²) >= 11 is 0. The maximum absolute atomic E-state index is 10.2. The largest absolute Gasteiger partial charge is 1.00 e. The summed E-state index contributed by atoms with van der Waals surface area (Å²) in [7, 11) is 0. The van der Waals surface area contributed by atoms with Gasteiger partial charge in [-0.1, -0.05) is 13.5 Å². The first-order valence-electron chi connectivity index (χ1n) is 2.60. The molecule has 0 N–H and O–H groups in total. The number of hydrogen-bond acceptors (Lipinski definition) is 2. The third-order valence-electron chi connectivity index (χ3n) is 0.615. The fourth-order valence-electron chi connectivity index (χ4n) is 0.262. The molecule has 0 spiro atoms. The van der Waals surface area contributed by atoms with Crippen LogP contribution in [0, 0.1) is 0 Å². The SMILES string of the molecule is C=CC(=O)OCCC.[H-].[Na+]. The minimum Gasteiger partial charge on any atom is -1.00 e. The van der Waals surface area contributed by atoms with E-state index in [1.807, 2.05) is 6.92 Å². The van der Waals surface area contributed by atoms with Gasteiger partial charge < -0.3 is 6.16 Å². The Morgan fingerprint density at radius 2 is 2.44 bits per heavy atom. The molecular weight excluding hydrogens is 127 g/mol. The van der Waals surface area contributed by atoms with Crippen molar-refractivity contribution in [2.45, 2.75) is 13.3 Å². The normalized spacial score (nSPS) is 7.22. The molecule has 0 fully saturated rings. The van der Waals surface area contributed by atoms with Gasteiger partial charge in [0.05, 0.1) is 6.61 Å². The van der Waals surface area contributed by atoms with Crippen LogP contribution >= 0.6 is 0 Å². The smallest absolute Gasteiger partial charge is 1.00 e. The van der Waals surface area contributed by atoms with Crippen LogP contribution in [0.15, 0.2) is 12.7 Å². The third-order valence-corrected chi connectivity index (χ3v) is 0.615. The quantitative estimate of drug-likeness (QED) is 0.262. The van der Waals surface area contributed by atoms with Crippen LogP contribution in [0.2, 0.25) is 0 Å². The predicted molar refractivity (Wildman–Crippen MR) is 32.6 cm³/mol. The molecule has 0 bridgehead atoms. The van der Waals surface area contributed by atoms with Gasteiger partial charge in [-0.15, -0.1) is 0 Å². The van der Waals surface area contributed by atoms with Crippen LogP contribution in [0.5, 0.6) is 0 Å². The number of carbonyl (C=O) groups is 1. The zero-order chi connectivity index (χ0) is 6.41. The van der Waals surface area contributed by atoms with E-state index in [4.69, 9.17) is 0 Å². The van der Waals surface area contributed by atoms with E-state index in [9.17, 15) is 4.79 Å². The summed E-state index contributed by atoms with van der Waals surface area (Å²) in [4.78, 5) is 10.2. The van der Waals surface area contributed by atoms with Crippen molar-refractivity contribution in [1.82, 2.24) is 0 Å². The molecule has 0 aliphatic heterocycles. The Kier molecular flexibility index (Phi) is 10.9. The van der Waals surface area contributed by atoms with Gasteiger partial charge in [0.1, 0.15) is 0 Å². The van der Waals surface area contributed by atoms with Gasteiger partial charge in [-0.2, -0.15) is 0 Å². The van der Waals surface area contributed by atoms with Crippen molar-refractivity contribution in [1.29, 1.82) is 0 Å². The Labute approximate surface area is 79.0 Å². The molecule has 0 unspecified atom stereocenters. The van der Waals surface area contributed by atoms with Gasteiger partial charge >= 0.3 is 35.5 Å². The number of carbonyl (C=O) groups excluding carboxylic acids is 1. The van der Waals surface area contributed by atoms with Gasteiger partial charge in [0, 0.05) is 6.08 Å². The predicted octanol–water partition coefficient (Wildman–Crippen LogP) is -1.76. The molecule has 0 heterocycles. The molecule has 0 saturated heterocycles. The zero-order valence-corrected chi connectivity index (χ0v) is 8.02. The molecule has 0 amide bonds. The molecule has 3 heteroatoms. The van der Waals surface area contributed by atoms with Gasteiger partial charge in [-0.05, 0) is 6.42 Å². The van der Waals surface area contributed by atoms with E-state index in [0.29, 0.717) is 6.61 Å². The monoisotopic (exact) mass is 138 g/mol. The second kappa shape index (κ2) is 8.21. The van der Waals surface area contributed by atoms with Crippen LogP contribution in [-0.2, 0) is 9.53 Å². The minimum absolute atomic E-state index is 0. The van der Waals surface area contributed by atoms with E-state index in [1.54, 1.807) is 0 Å². The van der Waals surface area contributed by atoms with Crippen molar-refractivity contribution in [3.05, 3.63) is 12.7 Å². The van der Waals surface area contributed by atoms with E-state index in [2.05, 4.69) is 11.3 Å². The number of rotatable bonds is 3. The van der Waals surface area contributed by atoms with Crippen molar-refractivity contribution < 1.29 is 40.5 Å². The van der Waals surface area contributed by atoms with Crippen molar-refractivity contribution in [2.24, 2.45) is 0 Å². The first-order valence-corrected chi connectivity index (χ1v) is 2.60. The van der Waals surface area contributed by atoms with Crippen LogP contribution in [0.4, 0.5) is 0 Å². The van der Waals surface area contributed by atoms with E-state index in [-0.39, 0.29) is 37.0 Å². The van der Waals surface area contributed by atoms with Crippen molar-refractivity contribution in [3.8, 4) is 0 Å². The van der Waals surface area contributed by atoms with Crippen molar-refractivity contribution in [3.63, 3.8) is 0 Å². The Hall–Kier alpha value is 0.210. The number of ether oxygens (including phenoxy) is 1. The van der Waals surface area contributed by atoms with Crippen LogP contribution in [0.1, 0.15) is 14.8 Å². The molecule has 0 radical (unpaired) electrons. The van der Waals surface area contributed by atoms with Crippen molar-refractivity contribution in [2.75, 3.05) is 6.61 Å². The molecule has 0 aliphatic rings. The minimum atomic E-state index is -0.341. The molecule has 9 heavy (non-hydrogen) atoms. The Morgan fingerprint density at radius 3 is 2.78 bits per heavy atom. The molecular formula is C6H11NaO2. The van der Waals surface area contributed by atoms with Gasteiger partial charge in [0.2, 0.25) is 0 Å². The first-order chi connectivity index (χ1) is 3.81. The summed E-state index contributed by atoms with van der Waals surface area (Å²) in [5.74, 6) is -0.341. The van der Waals surface area contributed by atoms with E-state index in [1.165, 1.54) is 0 Å². The van der Waals surface area contributed by atoms with E-state index >= 15 is 0 Å². The van der Waals surface area contributed by atoms with Crippen LogP contribution in [-0.4, -0.2) is 12.6 Å². The average molecular weight is 138 g/mol. The molecule has 0 aromatic rings. The molecule has 0 aromatic heterocycles. The van der Waals surface area contributed by atoms with Crippen LogP contribution in [0.25, 0.3) is 0 Å². The Balaban J connectivity index is -0.000000245. The van der Waals surface area contributed by atoms with Gasteiger partial charge in [-0.25, -0.2) is 4.79 Å². The summed E-state index contributed by atoms with van der Waals surface area (Å²) in [5.41, 5.74) is 0. The standard InChI is InChI=1S/C6H10O2.Na.H/c1-3-5-8-6(7)4-2;;/h4H,2-3,5H2,1H3;;/q;+1;-1. The summed E-state index contributed by atoms with van der Waals surface area (Å²) in [6.07, 6.45) is 2.02. The van der Waals surface area contributed by atoms with Crippen LogP contribution in [0.3, 0.4) is 0 Å². The van der Waals surface area contributed by atoms with Gasteiger partial charge in [0.15, 0.2) is 0 Å². The van der Waals surface area contributed by atoms with E-state index < -0.39 is 0 Å². The second-order valence-electron chi connectivity index (χ2n) is 1.37. The van der Waals surface area contributed by atoms with Gasteiger partial charge in [0.25, 0.3) is 0 Å². The topological polar surface area (TPSA) is 26.3 Å². The summed E-state index contributed by atoms with van der Waals surface area (Å²) in [6.45, 7) is 5.67. The maximum atomic E-state index is 10.2. The molecule has 0 saturated carbocycles. The molecule has 0 aromatic carbocycles. The molecule has 2 nitrogen and oxygen atoms in total. The summed E-state index contributed by atoms with van der Waals surface area (Å²) in [5, 5.41) is 0. The van der Waals surface area contributed by atoms with Crippen LogP contribution < -0.4 is 29.6 Å². The molecule has 48 valence electrons. The van der Waals surface area contributed by atoms with Crippen molar-refractivity contribution >= 4 is 5.97 Å². The second-order valence-corrected chi connectivity index (χ2v) is 1.37. The molecule has 0 atom stereocenters. The molecule has 0 rings (SSSR count). The average Bonchev–Trinajstić information content (AvgIpc) is 1.83. The maximum Gasteiger partial charge on any atom is 1.00 e. The fraction of sp³-hybridized carbons (Fsp3) is 0.500. The third kappa shape index (κ3) is 8.21. The number of esters is 1. The van der Waals surface area contributed by atoms with Gasteiger partial charge in [-0.3, -0.25) is 0 Å². The summed E-state index contributed by atoms with van der Waals surface area (Å²) in [6, 6.07) is 0. The fourth-order valence-corrected chi connectivity index (χ4v) is 0.262. The number of hydrogen-bond donors (Lipinski definition) is 0. The first kappa shape index (κ1) is 11.9.